The molecule has 0 aliphatic rings. The van der Waals surface area contributed by atoms with Crippen molar-refractivity contribution in [3.63, 3.8) is 0 Å². The molecule has 0 fully saturated rings. The molecule has 0 atom stereocenters. The van der Waals surface area contributed by atoms with Gasteiger partial charge in [-0.3, -0.25) is 0 Å². The second-order valence-electron chi connectivity index (χ2n) is 13.4. The molecule has 0 aliphatic carbocycles. The van der Waals surface area contributed by atoms with Crippen LogP contribution in [0.3, 0.4) is 0 Å². The standard InChI is InChI=1S/C49H34N2/c1-33-22-26-36(27-23-33)50(47-21-11-19-45-41-15-6-5-14-39(41)40-16-7-8-18-44(40)49(45)47)38-30-31-43-42-17-9-10-20-46(42)51(48(43)32-38)37-28-24-35(25-29-37)34-12-3-2-4-13-34/h2-32H,1H3. The summed E-state index contributed by atoms with van der Waals surface area (Å²) >= 11 is 0. The fourth-order valence-electron chi connectivity index (χ4n) is 8.05. The fraction of sp³-hybridized carbons (Fsp3) is 0.0204. The Morgan fingerprint density at radius 1 is 0.373 bits per heavy atom. The van der Waals surface area contributed by atoms with Gasteiger partial charge in [0.15, 0.2) is 0 Å². The topological polar surface area (TPSA) is 8.17 Å². The van der Waals surface area contributed by atoms with Gasteiger partial charge in [-0.1, -0.05) is 145 Å². The van der Waals surface area contributed by atoms with Crippen LogP contribution in [0.25, 0.3) is 70.9 Å². The lowest BCUT2D eigenvalue weighted by Crippen LogP contribution is -2.11. The van der Waals surface area contributed by atoms with Gasteiger partial charge in [-0.15, -0.1) is 0 Å². The van der Waals surface area contributed by atoms with Crippen LogP contribution in [-0.2, 0) is 0 Å². The lowest BCUT2D eigenvalue weighted by molar-refractivity contribution is 1.18. The van der Waals surface area contributed by atoms with Crippen LogP contribution >= 0.6 is 0 Å². The summed E-state index contributed by atoms with van der Waals surface area (Å²) in [5.41, 5.74) is 10.6. The molecule has 0 bridgehead atoms. The van der Waals surface area contributed by atoms with Gasteiger partial charge in [-0.05, 0) is 93.5 Å². The molecule has 51 heavy (non-hydrogen) atoms. The highest BCUT2D eigenvalue weighted by Gasteiger charge is 2.21. The molecule has 1 aromatic heterocycles. The van der Waals surface area contributed by atoms with Gasteiger partial charge in [0.25, 0.3) is 0 Å². The summed E-state index contributed by atoms with van der Waals surface area (Å²) in [6, 6.07) is 68.7. The predicted molar refractivity (Wildman–Crippen MR) is 218 cm³/mol. The molecule has 0 N–H and O–H groups in total. The first-order valence-corrected chi connectivity index (χ1v) is 17.6. The number of benzene rings is 9. The van der Waals surface area contributed by atoms with Gasteiger partial charge in [0.2, 0.25) is 0 Å². The van der Waals surface area contributed by atoms with Crippen LogP contribution in [-0.4, -0.2) is 4.57 Å². The van der Waals surface area contributed by atoms with E-state index in [1.165, 1.54) is 70.8 Å². The molecular formula is C49H34N2. The number of fused-ring (bicyclic) bond motifs is 9. The van der Waals surface area contributed by atoms with Crippen molar-refractivity contribution in [2.75, 3.05) is 4.90 Å². The second-order valence-corrected chi connectivity index (χ2v) is 13.4. The largest absolute Gasteiger partial charge is 0.310 e. The van der Waals surface area contributed by atoms with Gasteiger partial charge in [0.05, 0.1) is 16.7 Å². The quantitative estimate of drug-likeness (QED) is 0.168. The number of nitrogens with zero attached hydrogens (tertiary/aromatic N) is 2. The van der Waals surface area contributed by atoms with Gasteiger partial charge < -0.3 is 9.47 Å². The first-order valence-electron chi connectivity index (χ1n) is 17.6. The van der Waals surface area contributed by atoms with Crippen LogP contribution in [0, 0.1) is 6.92 Å². The van der Waals surface area contributed by atoms with Gasteiger partial charge >= 0.3 is 0 Å². The Labute approximate surface area is 297 Å². The average Bonchev–Trinajstić information content (AvgIpc) is 3.53. The van der Waals surface area contributed by atoms with Crippen molar-refractivity contribution in [3.8, 4) is 16.8 Å². The molecule has 10 rings (SSSR count). The third kappa shape index (κ3) is 4.72. The van der Waals surface area contributed by atoms with Crippen LogP contribution in [0.5, 0.6) is 0 Å². The van der Waals surface area contributed by atoms with Gasteiger partial charge in [-0.2, -0.15) is 0 Å². The Morgan fingerprint density at radius 3 is 1.61 bits per heavy atom. The van der Waals surface area contributed by atoms with Crippen molar-refractivity contribution < 1.29 is 0 Å². The van der Waals surface area contributed by atoms with Crippen molar-refractivity contribution in [1.29, 1.82) is 0 Å². The summed E-state index contributed by atoms with van der Waals surface area (Å²) in [6.45, 7) is 2.15. The second kappa shape index (κ2) is 11.8. The zero-order valence-corrected chi connectivity index (χ0v) is 28.3. The van der Waals surface area contributed by atoms with E-state index in [0.717, 1.165) is 22.7 Å². The Hall–Kier alpha value is -6.64. The summed E-state index contributed by atoms with van der Waals surface area (Å²) in [7, 11) is 0. The van der Waals surface area contributed by atoms with E-state index >= 15 is 0 Å². The molecule has 10 aromatic rings. The minimum atomic E-state index is 1.11. The molecule has 0 saturated heterocycles. The predicted octanol–water partition coefficient (Wildman–Crippen LogP) is 13.7. The van der Waals surface area contributed by atoms with Crippen LogP contribution in [0.4, 0.5) is 17.1 Å². The molecule has 2 heteroatoms. The van der Waals surface area contributed by atoms with Crippen LogP contribution in [0.2, 0.25) is 0 Å². The van der Waals surface area contributed by atoms with Gasteiger partial charge in [-0.25, -0.2) is 0 Å². The van der Waals surface area contributed by atoms with E-state index in [1.54, 1.807) is 0 Å². The molecule has 0 aliphatic heterocycles. The number of hydrogen-bond donors (Lipinski definition) is 0. The smallest absolute Gasteiger partial charge is 0.0561 e. The molecule has 9 aromatic carbocycles. The Morgan fingerprint density at radius 2 is 0.902 bits per heavy atom. The van der Waals surface area contributed by atoms with Crippen molar-refractivity contribution in [1.82, 2.24) is 4.57 Å². The van der Waals surface area contributed by atoms with E-state index in [2.05, 4.69) is 204 Å². The molecule has 2 nitrogen and oxygen atoms in total. The summed E-state index contributed by atoms with van der Waals surface area (Å²) in [4.78, 5) is 2.45. The zero-order valence-electron chi connectivity index (χ0n) is 28.3. The normalized spacial score (nSPS) is 11.6. The summed E-state index contributed by atoms with van der Waals surface area (Å²) in [5.74, 6) is 0. The number of hydrogen-bond acceptors (Lipinski definition) is 1. The number of aryl methyl sites for hydroxylation is 1. The maximum Gasteiger partial charge on any atom is 0.0561 e. The monoisotopic (exact) mass is 650 g/mol. The number of aromatic nitrogens is 1. The zero-order chi connectivity index (χ0) is 33.9. The maximum atomic E-state index is 2.45. The number of rotatable bonds is 5. The molecule has 0 radical (unpaired) electrons. The van der Waals surface area contributed by atoms with E-state index < -0.39 is 0 Å². The van der Waals surface area contributed by atoms with Crippen molar-refractivity contribution in [2.45, 2.75) is 6.92 Å². The number of para-hydroxylation sites is 1. The van der Waals surface area contributed by atoms with Gasteiger partial charge in [0.1, 0.15) is 0 Å². The van der Waals surface area contributed by atoms with E-state index in [4.69, 9.17) is 0 Å². The summed E-state index contributed by atoms with van der Waals surface area (Å²) in [6.07, 6.45) is 0. The fourth-order valence-corrected chi connectivity index (χ4v) is 8.05. The molecule has 0 saturated carbocycles. The third-order valence-corrected chi connectivity index (χ3v) is 10.4. The average molecular weight is 651 g/mol. The van der Waals surface area contributed by atoms with E-state index in [1.807, 2.05) is 0 Å². The molecule has 0 unspecified atom stereocenters. The summed E-state index contributed by atoms with van der Waals surface area (Å²) in [5, 5.41) is 10.1. The summed E-state index contributed by atoms with van der Waals surface area (Å²) < 4.78 is 2.42. The van der Waals surface area contributed by atoms with E-state index in [-0.39, 0.29) is 0 Å². The van der Waals surface area contributed by atoms with Crippen molar-refractivity contribution in [3.05, 3.63) is 194 Å². The van der Waals surface area contributed by atoms with Crippen LogP contribution in [0.15, 0.2) is 188 Å². The SMILES string of the molecule is Cc1ccc(N(c2ccc3c4ccccc4n(-c4ccc(-c5ccccc5)cc4)c3c2)c2cccc3c4ccccc4c4ccccc4c23)cc1. The molecule has 1 heterocycles. The highest BCUT2D eigenvalue weighted by atomic mass is 15.1. The Kier molecular flexibility index (Phi) is 6.75. The number of anilines is 3. The molecule has 0 amide bonds. The van der Waals surface area contributed by atoms with Crippen LogP contribution < -0.4 is 4.90 Å². The first kappa shape index (κ1) is 29.3. The Balaban J connectivity index is 1.25. The van der Waals surface area contributed by atoms with E-state index in [9.17, 15) is 0 Å². The lowest BCUT2D eigenvalue weighted by Gasteiger charge is -2.28. The Bertz CT molecular complexity index is 2850. The van der Waals surface area contributed by atoms with Crippen LogP contribution in [0.1, 0.15) is 5.56 Å². The minimum Gasteiger partial charge on any atom is -0.310 e. The highest BCUT2D eigenvalue weighted by molar-refractivity contribution is 6.28. The minimum absolute atomic E-state index is 1.11. The molecular weight excluding hydrogens is 617 g/mol. The third-order valence-electron chi connectivity index (χ3n) is 10.4. The van der Waals surface area contributed by atoms with Crippen molar-refractivity contribution in [2.24, 2.45) is 0 Å². The van der Waals surface area contributed by atoms with Gasteiger partial charge in [0, 0.05) is 33.2 Å². The molecule has 240 valence electrons. The highest BCUT2D eigenvalue weighted by Crippen LogP contribution is 2.46. The lowest BCUT2D eigenvalue weighted by atomic mass is 9.93. The first-order chi connectivity index (χ1) is 25.2. The van der Waals surface area contributed by atoms with Crippen molar-refractivity contribution >= 4 is 71.2 Å². The molecule has 0 spiro atoms. The maximum absolute atomic E-state index is 2.45. The van der Waals surface area contributed by atoms with E-state index in [0.29, 0.717) is 0 Å².